The third kappa shape index (κ3) is 3.31. The lowest BCUT2D eigenvalue weighted by Crippen LogP contribution is -2.48. The van der Waals surface area contributed by atoms with Crippen molar-refractivity contribution in [2.75, 3.05) is 12.5 Å². The van der Waals surface area contributed by atoms with Crippen LogP contribution >= 0.6 is 23.2 Å². The number of carbonyl (C=O) groups excluding carboxylic acids is 2. The highest BCUT2D eigenvalue weighted by atomic mass is 35.5. The van der Waals surface area contributed by atoms with Crippen LogP contribution in [0.15, 0.2) is 0 Å². The molecule has 0 aromatic carbocycles. The van der Waals surface area contributed by atoms with Crippen molar-refractivity contribution >= 4 is 35.1 Å². The van der Waals surface area contributed by atoms with Crippen molar-refractivity contribution in [1.82, 2.24) is 0 Å². The molecular weight excluding hydrogens is 315 g/mol. The molecule has 4 nitrogen and oxygen atoms in total. The monoisotopic (exact) mass is 334 g/mol. The van der Waals surface area contributed by atoms with Gasteiger partial charge < -0.3 is 9.47 Å². The summed E-state index contributed by atoms with van der Waals surface area (Å²) in [6.07, 6.45) is 7.50. The van der Waals surface area contributed by atoms with E-state index in [-0.39, 0.29) is 11.3 Å². The number of rotatable bonds is 5. The highest BCUT2D eigenvalue weighted by Gasteiger charge is 2.51. The smallest absolute Gasteiger partial charge is 0.363 e. The fraction of sp³-hybridized carbons (Fsp3) is 0.867. The van der Waals surface area contributed by atoms with Crippen LogP contribution in [0.5, 0.6) is 0 Å². The van der Waals surface area contributed by atoms with Crippen LogP contribution in [0.3, 0.4) is 0 Å². The van der Waals surface area contributed by atoms with Crippen LogP contribution in [0.2, 0.25) is 0 Å². The quantitative estimate of drug-likeness (QED) is 0.572. The number of hydrogen-bond donors (Lipinski definition) is 0. The summed E-state index contributed by atoms with van der Waals surface area (Å²) in [4.78, 5) is 22.8. The topological polar surface area (TPSA) is 52.6 Å². The Morgan fingerprint density at radius 1 is 1.10 bits per heavy atom. The van der Waals surface area contributed by atoms with Gasteiger partial charge in [0.2, 0.25) is 0 Å². The molecule has 4 aliphatic carbocycles. The van der Waals surface area contributed by atoms with Crippen LogP contribution in [-0.2, 0) is 19.1 Å². The molecule has 4 saturated carbocycles. The molecule has 0 amide bonds. The molecule has 4 rings (SSSR count). The van der Waals surface area contributed by atoms with E-state index in [9.17, 15) is 9.59 Å². The highest BCUT2D eigenvalue weighted by molar-refractivity contribution is 6.30. The van der Waals surface area contributed by atoms with Gasteiger partial charge in [-0.1, -0.05) is 11.6 Å². The molecule has 0 saturated heterocycles. The zero-order valence-corrected chi connectivity index (χ0v) is 13.4. The van der Waals surface area contributed by atoms with E-state index in [1.54, 1.807) is 0 Å². The average Bonchev–Trinajstić information content (AvgIpc) is 2.43. The number of esters is 2. The molecule has 0 N–H and O–H groups in total. The van der Waals surface area contributed by atoms with Gasteiger partial charge in [-0.05, 0) is 56.3 Å². The van der Waals surface area contributed by atoms with Crippen molar-refractivity contribution < 1.29 is 19.1 Å². The van der Waals surface area contributed by atoms with Gasteiger partial charge in [0.05, 0.1) is 6.61 Å². The van der Waals surface area contributed by atoms with E-state index in [0.29, 0.717) is 6.61 Å². The maximum Gasteiger partial charge on any atom is 0.363 e. The Morgan fingerprint density at radius 3 is 2.10 bits per heavy atom. The zero-order valence-electron chi connectivity index (χ0n) is 11.9. The molecule has 0 radical (unpaired) electrons. The molecule has 4 aliphatic rings. The Kier molecular flexibility index (Phi) is 4.37. The summed E-state index contributed by atoms with van der Waals surface area (Å²) in [5.41, 5.74) is -1.26. The summed E-state index contributed by atoms with van der Waals surface area (Å²) in [6, 6.07) is 0. The van der Waals surface area contributed by atoms with Gasteiger partial charge in [0.15, 0.2) is 0 Å². The molecule has 0 aromatic rings. The molecule has 0 aromatic heterocycles. The summed E-state index contributed by atoms with van der Waals surface area (Å²) in [6.45, 7) is 0.400. The van der Waals surface area contributed by atoms with Crippen molar-refractivity contribution in [3.63, 3.8) is 0 Å². The lowest BCUT2D eigenvalue weighted by molar-refractivity contribution is -0.168. The normalized spacial score (nSPS) is 38.1. The average molecular weight is 335 g/mol. The van der Waals surface area contributed by atoms with Crippen molar-refractivity contribution in [3.05, 3.63) is 0 Å². The maximum absolute atomic E-state index is 11.8. The van der Waals surface area contributed by atoms with Gasteiger partial charge in [0.1, 0.15) is 5.88 Å². The molecule has 21 heavy (non-hydrogen) atoms. The van der Waals surface area contributed by atoms with Gasteiger partial charge in [-0.2, -0.15) is 0 Å². The summed E-state index contributed by atoms with van der Waals surface area (Å²) in [5, 5.41) is 0. The second-order valence-corrected chi connectivity index (χ2v) is 7.63. The van der Waals surface area contributed by atoms with E-state index in [4.69, 9.17) is 27.9 Å². The maximum atomic E-state index is 11.8. The van der Waals surface area contributed by atoms with Gasteiger partial charge >= 0.3 is 11.9 Å². The third-order valence-electron chi connectivity index (χ3n) is 5.22. The molecule has 1 unspecified atom stereocenters. The molecular formula is C15H20Cl2O4. The van der Waals surface area contributed by atoms with Crippen LogP contribution in [0.4, 0.5) is 0 Å². The van der Waals surface area contributed by atoms with Crippen molar-refractivity contribution in [1.29, 1.82) is 0 Å². The molecule has 0 aliphatic heterocycles. The second kappa shape index (κ2) is 5.96. The molecule has 4 fully saturated rings. The summed E-state index contributed by atoms with van der Waals surface area (Å²) in [5.74, 6) is 0.669. The highest BCUT2D eigenvalue weighted by Crippen LogP contribution is 2.60. The Bertz CT molecular complexity index is 402. The zero-order chi connectivity index (χ0) is 15.0. The fourth-order valence-corrected chi connectivity index (χ4v) is 5.18. The van der Waals surface area contributed by atoms with E-state index < -0.39 is 17.5 Å². The van der Waals surface area contributed by atoms with Crippen LogP contribution in [0.25, 0.3) is 0 Å². The largest absolute Gasteiger partial charge is 0.461 e. The molecule has 118 valence electrons. The van der Waals surface area contributed by atoms with Gasteiger partial charge in [0, 0.05) is 5.41 Å². The Hall–Kier alpha value is -0.480. The lowest BCUT2D eigenvalue weighted by atomic mass is 9.50. The minimum Gasteiger partial charge on any atom is -0.461 e. The molecule has 0 spiro atoms. The summed E-state index contributed by atoms with van der Waals surface area (Å²) in [7, 11) is 0. The SMILES string of the molecule is O=C(CCl)OC(Cl)C(=O)OCC12CC3CC(CC(C3)C1)C2. The van der Waals surface area contributed by atoms with Crippen LogP contribution in [0.1, 0.15) is 38.5 Å². The van der Waals surface area contributed by atoms with Crippen molar-refractivity contribution in [2.45, 2.75) is 44.1 Å². The van der Waals surface area contributed by atoms with E-state index in [1.165, 1.54) is 19.3 Å². The van der Waals surface area contributed by atoms with Crippen LogP contribution in [0, 0.1) is 23.2 Å². The number of ether oxygens (including phenoxy) is 2. The molecule has 1 atom stereocenters. The van der Waals surface area contributed by atoms with Gasteiger partial charge in [-0.3, -0.25) is 4.79 Å². The van der Waals surface area contributed by atoms with E-state index >= 15 is 0 Å². The number of hydrogen-bond acceptors (Lipinski definition) is 4. The van der Waals surface area contributed by atoms with Gasteiger partial charge in [-0.15, -0.1) is 11.6 Å². The summed E-state index contributed by atoms with van der Waals surface area (Å²) < 4.78 is 10.00. The molecule has 4 bridgehead atoms. The van der Waals surface area contributed by atoms with E-state index in [2.05, 4.69) is 4.74 Å². The Labute approximate surface area is 134 Å². The predicted molar refractivity (Wildman–Crippen MR) is 78.0 cm³/mol. The van der Waals surface area contributed by atoms with E-state index in [0.717, 1.165) is 37.0 Å². The van der Waals surface area contributed by atoms with E-state index in [1.807, 2.05) is 0 Å². The first-order valence-electron chi connectivity index (χ1n) is 7.56. The first-order valence-corrected chi connectivity index (χ1v) is 8.53. The van der Waals surface area contributed by atoms with Crippen molar-refractivity contribution in [3.8, 4) is 0 Å². The minimum absolute atomic E-state index is 0.136. The minimum atomic E-state index is -1.40. The van der Waals surface area contributed by atoms with Gasteiger partial charge in [0.25, 0.3) is 5.56 Å². The summed E-state index contributed by atoms with van der Waals surface area (Å²) >= 11 is 11.0. The molecule has 0 heterocycles. The van der Waals surface area contributed by atoms with Gasteiger partial charge in [-0.25, -0.2) is 4.79 Å². The van der Waals surface area contributed by atoms with Crippen LogP contribution in [-0.4, -0.2) is 30.0 Å². The fourth-order valence-electron chi connectivity index (χ4n) is 4.95. The Balaban J connectivity index is 1.53. The Morgan fingerprint density at radius 2 is 1.62 bits per heavy atom. The van der Waals surface area contributed by atoms with Crippen molar-refractivity contribution in [2.24, 2.45) is 23.2 Å². The number of alkyl halides is 2. The number of halogens is 2. The predicted octanol–water partition coefficient (Wildman–Crippen LogP) is 3.09. The standard InChI is InChI=1S/C15H20Cl2O4/c16-7-12(18)21-13(17)14(19)20-8-15-4-9-1-10(5-15)3-11(2-9)6-15/h9-11,13H,1-8H2. The molecule has 6 heteroatoms. The third-order valence-corrected chi connectivity index (χ3v) is 5.70. The second-order valence-electron chi connectivity index (χ2n) is 6.96. The first kappa shape index (κ1) is 15.4. The van der Waals surface area contributed by atoms with Crippen LogP contribution < -0.4 is 0 Å². The lowest BCUT2D eigenvalue weighted by Gasteiger charge is -2.56. The number of carbonyl (C=O) groups is 2. The first-order chi connectivity index (χ1) is 9.99.